The summed E-state index contributed by atoms with van der Waals surface area (Å²) in [5.74, 6) is -1.37. The Hall–Kier alpha value is -3.62. The summed E-state index contributed by atoms with van der Waals surface area (Å²) >= 11 is 12.1. The molecule has 0 unspecified atom stereocenters. The lowest BCUT2D eigenvalue weighted by Gasteiger charge is -2.13. The van der Waals surface area contributed by atoms with Gasteiger partial charge in [-0.3, -0.25) is 9.59 Å². The number of nitrogens with zero attached hydrogens (tertiary/aromatic N) is 1. The predicted octanol–water partition coefficient (Wildman–Crippen LogP) is 5.51. The van der Waals surface area contributed by atoms with Crippen molar-refractivity contribution in [3.63, 3.8) is 0 Å². The van der Waals surface area contributed by atoms with Gasteiger partial charge in [0.2, 0.25) is 0 Å². The zero-order chi connectivity index (χ0) is 25.4. The molecule has 0 atom stereocenters. The Morgan fingerprint density at radius 2 is 1.80 bits per heavy atom. The van der Waals surface area contributed by atoms with E-state index in [1.807, 2.05) is 6.92 Å². The summed E-state index contributed by atoms with van der Waals surface area (Å²) in [6.07, 6.45) is 1.36. The summed E-state index contributed by atoms with van der Waals surface area (Å²) in [7, 11) is 0. The number of benzene rings is 3. The first-order chi connectivity index (χ1) is 16.8. The van der Waals surface area contributed by atoms with Gasteiger partial charge in [0.1, 0.15) is 12.4 Å². The molecule has 0 spiro atoms. The van der Waals surface area contributed by atoms with Crippen molar-refractivity contribution in [2.45, 2.75) is 20.5 Å². The number of carbonyl (C=O) groups is 2. The predicted molar refractivity (Wildman–Crippen MR) is 134 cm³/mol. The third kappa shape index (κ3) is 7.18. The SMILES string of the molecule is CCOc1cc(/C=N/NC(=O)C(=O)Nc2cccc(Cl)c2C)ccc1OCc1ccc(F)cc1Cl. The molecule has 7 nitrogen and oxygen atoms in total. The maximum Gasteiger partial charge on any atom is 0.329 e. The molecule has 0 bridgehead atoms. The number of hydrogen-bond donors (Lipinski definition) is 2. The Labute approximate surface area is 211 Å². The average Bonchev–Trinajstić information content (AvgIpc) is 2.82. The largest absolute Gasteiger partial charge is 0.490 e. The van der Waals surface area contributed by atoms with Crippen molar-refractivity contribution >= 4 is 46.9 Å². The van der Waals surface area contributed by atoms with E-state index in [0.717, 1.165) is 0 Å². The molecule has 2 N–H and O–H groups in total. The molecule has 0 saturated carbocycles. The Balaban J connectivity index is 1.62. The van der Waals surface area contributed by atoms with E-state index in [9.17, 15) is 14.0 Å². The van der Waals surface area contributed by atoms with Crippen LogP contribution >= 0.6 is 23.2 Å². The third-order valence-corrected chi connectivity index (χ3v) is 5.53. The van der Waals surface area contributed by atoms with Crippen molar-refractivity contribution in [3.8, 4) is 11.5 Å². The zero-order valence-corrected chi connectivity index (χ0v) is 20.4. The van der Waals surface area contributed by atoms with Crippen LogP contribution in [0.3, 0.4) is 0 Å². The molecular formula is C25H22Cl2FN3O4. The van der Waals surface area contributed by atoms with Crippen LogP contribution in [0.4, 0.5) is 10.1 Å². The van der Waals surface area contributed by atoms with Crippen LogP contribution in [0.25, 0.3) is 0 Å². The highest BCUT2D eigenvalue weighted by molar-refractivity contribution is 6.40. The van der Waals surface area contributed by atoms with Gasteiger partial charge in [-0.2, -0.15) is 5.10 Å². The average molecular weight is 518 g/mol. The molecule has 0 radical (unpaired) electrons. The number of anilines is 1. The molecule has 0 aliphatic carbocycles. The van der Waals surface area contributed by atoms with Crippen molar-refractivity contribution < 1.29 is 23.5 Å². The molecule has 2 amide bonds. The monoisotopic (exact) mass is 517 g/mol. The minimum absolute atomic E-state index is 0.115. The number of rotatable bonds is 8. The first-order valence-electron chi connectivity index (χ1n) is 10.5. The highest BCUT2D eigenvalue weighted by Gasteiger charge is 2.15. The fourth-order valence-corrected chi connectivity index (χ4v) is 3.32. The Bertz CT molecular complexity index is 1270. The van der Waals surface area contributed by atoms with Crippen molar-refractivity contribution in [1.29, 1.82) is 0 Å². The lowest BCUT2D eigenvalue weighted by atomic mass is 10.2. The quantitative estimate of drug-likeness (QED) is 0.234. The minimum Gasteiger partial charge on any atom is -0.490 e. The molecular weight excluding hydrogens is 496 g/mol. The van der Waals surface area contributed by atoms with Crippen molar-refractivity contribution in [2.24, 2.45) is 5.10 Å². The van der Waals surface area contributed by atoms with E-state index >= 15 is 0 Å². The molecule has 0 fully saturated rings. The highest BCUT2D eigenvalue weighted by Crippen LogP contribution is 2.30. The second kappa shape index (κ2) is 12.2. The summed E-state index contributed by atoms with van der Waals surface area (Å²) in [6, 6.07) is 14.1. The van der Waals surface area contributed by atoms with Crippen LogP contribution in [0.2, 0.25) is 10.0 Å². The maximum absolute atomic E-state index is 13.2. The van der Waals surface area contributed by atoms with Crippen LogP contribution < -0.4 is 20.2 Å². The van der Waals surface area contributed by atoms with E-state index in [0.29, 0.717) is 45.5 Å². The van der Waals surface area contributed by atoms with Gasteiger partial charge < -0.3 is 14.8 Å². The third-order valence-electron chi connectivity index (χ3n) is 4.77. The van der Waals surface area contributed by atoms with Gasteiger partial charge in [-0.05, 0) is 67.4 Å². The number of hydrogen-bond acceptors (Lipinski definition) is 5. The van der Waals surface area contributed by atoms with Gasteiger partial charge in [-0.1, -0.05) is 35.3 Å². The standard InChI is InChI=1S/C25H22Cl2FN3O4/c1-3-34-23-11-16(7-10-22(23)35-14-17-8-9-18(28)12-20(17)27)13-29-31-25(33)24(32)30-21-6-4-5-19(26)15(21)2/h4-13H,3,14H2,1-2H3,(H,30,32)(H,31,33)/b29-13+. The van der Waals surface area contributed by atoms with Crippen LogP contribution in [0.1, 0.15) is 23.6 Å². The lowest BCUT2D eigenvalue weighted by molar-refractivity contribution is -0.136. The molecule has 182 valence electrons. The molecule has 3 rings (SSSR count). The van der Waals surface area contributed by atoms with Gasteiger partial charge in [0.05, 0.1) is 17.8 Å². The molecule has 0 heterocycles. The Kier molecular flexibility index (Phi) is 9.05. The smallest absolute Gasteiger partial charge is 0.329 e. The van der Waals surface area contributed by atoms with Crippen molar-refractivity contribution in [3.05, 3.63) is 87.2 Å². The van der Waals surface area contributed by atoms with Crippen molar-refractivity contribution in [2.75, 3.05) is 11.9 Å². The van der Waals surface area contributed by atoms with Gasteiger partial charge in [-0.25, -0.2) is 9.82 Å². The minimum atomic E-state index is -0.943. The summed E-state index contributed by atoms with van der Waals surface area (Å²) in [5, 5.41) is 7.05. The summed E-state index contributed by atoms with van der Waals surface area (Å²) in [5.41, 5.74) is 4.46. The lowest BCUT2D eigenvalue weighted by Crippen LogP contribution is -2.32. The van der Waals surface area contributed by atoms with Gasteiger partial charge in [-0.15, -0.1) is 0 Å². The van der Waals surface area contributed by atoms with E-state index in [1.54, 1.807) is 49.4 Å². The molecule has 10 heteroatoms. The van der Waals surface area contributed by atoms with Crippen LogP contribution in [-0.4, -0.2) is 24.6 Å². The van der Waals surface area contributed by atoms with Crippen LogP contribution in [0.15, 0.2) is 59.7 Å². The molecule has 3 aromatic carbocycles. The second-order valence-corrected chi connectivity index (χ2v) is 8.04. The molecule has 0 aliphatic heterocycles. The number of carbonyl (C=O) groups excluding carboxylic acids is 2. The zero-order valence-electron chi connectivity index (χ0n) is 18.9. The molecule has 0 aromatic heterocycles. The number of ether oxygens (including phenoxy) is 2. The Morgan fingerprint density at radius 1 is 1.00 bits per heavy atom. The van der Waals surface area contributed by atoms with E-state index in [1.165, 1.54) is 18.3 Å². The van der Waals surface area contributed by atoms with E-state index in [2.05, 4.69) is 15.8 Å². The van der Waals surface area contributed by atoms with Crippen molar-refractivity contribution in [1.82, 2.24) is 5.43 Å². The Morgan fingerprint density at radius 3 is 2.54 bits per heavy atom. The molecule has 35 heavy (non-hydrogen) atoms. The first-order valence-corrected chi connectivity index (χ1v) is 11.3. The fraction of sp³-hybridized carbons (Fsp3) is 0.160. The molecule has 0 saturated heterocycles. The summed E-state index contributed by atoms with van der Waals surface area (Å²) in [6.45, 7) is 4.05. The van der Waals surface area contributed by atoms with Crippen LogP contribution in [-0.2, 0) is 16.2 Å². The number of halogens is 3. The number of amides is 2. The topological polar surface area (TPSA) is 89.0 Å². The number of nitrogens with one attached hydrogen (secondary N) is 2. The van der Waals surface area contributed by atoms with Crippen LogP contribution in [0, 0.1) is 12.7 Å². The normalized spacial score (nSPS) is 10.8. The van der Waals surface area contributed by atoms with Gasteiger partial charge in [0, 0.05) is 16.3 Å². The maximum atomic E-state index is 13.2. The second-order valence-electron chi connectivity index (χ2n) is 7.23. The summed E-state index contributed by atoms with van der Waals surface area (Å²) < 4.78 is 24.7. The highest BCUT2D eigenvalue weighted by atomic mass is 35.5. The van der Waals surface area contributed by atoms with E-state index < -0.39 is 17.6 Å². The van der Waals surface area contributed by atoms with Gasteiger partial charge in [0.25, 0.3) is 0 Å². The fourth-order valence-electron chi connectivity index (χ4n) is 2.92. The first kappa shape index (κ1) is 26.0. The molecule has 0 aliphatic rings. The van der Waals surface area contributed by atoms with Crippen LogP contribution in [0.5, 0.6) is 11.5 Å². The van der Waals surface area contributed by atoms with Gasteiger partial charge in [0.15, 0.2) is 11.5 Å². The van der Waals surface area contributed by atoms with Gasteiger partial charge >= 0.3 is 11.8 Å². The van der Waals surface area contributed by atoms with E-state index in [-0.39, 0.29) is 11.6 Å². The summed E-state index contributed by atoms with van der Waals surface area (Å²) in [4.78, 5) is 24.2. The molecule has 3 aromatic rings. The van der Waals surface area contributed by atoms with E-state index in [4.69, 9.17) is 32.7 Å². The number of hydrazone groups is 1.